The molecule has 0 bridgehead atoms. The lowest BCUT2D eigenvalue weighted by molar-refractivity contribution is 0.0957. The summed E-state index contributed by atoms with van der Waals surface area (Å²) in [4.78, 5) is 24.2. The van der Waals surface area contributed by atoms with Crippen molar-refractivity contribution in [2.75, 3.05) is 23.6 Å². The molecule has 0 aliphatic rings. The Kier molecular flexibility index (Phi) is 5.53. The average Bonchev–Trinajstić information content (AvgIpc) is 2.69. The summed E-state index contributed by atoms with van der Waals surface area (Å²) in [7, 11) is 1.54. The number of amides is 1. The van der Waals surface area contributed by atoms with E-state index in [9.17, 15) is 4.79 Å². The van der Waals surface area contributed by atoms with Crippen molar-refractivity contribution in [1.82, 2.24) is 20.4 Å². The molecule has 27 heavy (non-hydrogen) atoms. The van der Waals surface area contributed by atoms with Gasteiger partial charge in [0.1, 0.15) is 23.5 Å². The number of rotatable bonds is 6. The summed E-state index contributed by atoms with van der Waals surface area (Å²) in [6, 6.07) is 10.1. The van der Waals surface area contributed by atoms with Gasteiger partial charge in [-0.15, -0.1) is 0 Å². The zero-order valence-electron chi connectivity index (χ0n) is 14.2. The first kappa shape index (κ1) is 18.2. The van der Waals surface area contributed by atoms with Gasteiger partial charge in [-0.1, -0.05) is 17.7 Å². The maximum absolute atomic E-state index is 12.1. The van der Waals surface area contributed by atoms with Gasteiger partial charge in [0.25, 0.3) is 5.91 Å². The van der Waals surface area contributed by atoms with Crippen molar-refractivity contribution in [2.45, 2.75) is 0 Å². The molecule has 0 fully saturated rings. The lowest BCUT2D eigenvalue weighted by atomic mass is 10.3. The lowest BCUT2D eigenvalue weighted by Gasteiger charge is -2.14. The number of nitrogen functional groups attached to an aromatic ring is 1. The highest BCUT2D eigenvalue weighted by Gasteiger charge is 2.13. The average molecular weight is 386 g/mol. The van der Waals surface area contributed by atoms with E-state index in [4.69, 9.17) is 22.1 Å². The van der Waals surface area contributed by atoms with E-state index in [2.05, 4.69) is 31.1 Å². The number of aromatic nitrogens is 3. The Labute approximate surface area is 159 Å². The molecule has 0 atom stereocenters. The van der Waals surface area contributed by atoms with Gasteiger partial charge in [-0.2, -0.15) is 0 Å². The summed E-state index contributed by atoms with van der Waals surface area (Å²) >= 11 is 6.03. The van der Waals surface area contributed by atoms with Crippen molar-refractivity contribution in [1.29, 1.82) is 0 Å². The fourth-order valence-electron chi connectivity index (χ4n) is 2.18. The Morgan fingerprint density at radius 2 is 1.96 bits per heavy atom. The largest absolute Gasteiger partial charge is 0.495 e. The van der Waals surface area contributed by atoms with Crippen molar-refractivity contribution >= 4 is 40.5 Å². The van der Waals surface area contributed by atoms with E-state index in [0.717, 1.165) is 0 Å². The molecule has 0 saturated heterocycles. The molecule has 0 radical (unpaired) electrons. The van der Waals surface area contributed by atoms with Crippen LogP contribution in [0.15, 0.2) is 48.9 Å². The minimum atomic E-state index is -0.431. The zero-order chi connectivity index (χ0) is 19.2. The molecule has 0 aliphatic heterocycles. The van der Waals surface area contributed by atoms with E-state index in [1.807, 2.05) is 0 Å². The number of halogens is 1. The topological polar surface area (TPSA) is 127 Å². The van der Waals surface area contributed by atoms with E-state index in [1.54, 1.807) is 36.4 Å². The van der Waals surface area contributed by atoms with E-state index in [1.165, 1.54) is 19.6 Å². The number of benzene rings is 1. The van der Waals surface area contributed by atoms with E-state index in [-0.39, 0.29) is 17.2 Å². The SMILES string of the molecule is COc1ccc(Cl)cc1Nc1ncnc(NNC(=O)c2ccccn2)c1N. The van der Waals surface area contributed by atoms with Crippen LogP contribution in [-0.4, -0.2) is 28.0 Å². The summed E-state index contributed by atoms with van der Waals surface area (Å²) in [6.45, 7) is 0. The second-order valence-corrected chi connectivity index (χ2v) is 5.68. The fraction of sp³-hybridized carbons (Fsp3) is 0.0588. The van der Waals surface area contributed by atoms with Gasteiger partial charge in [0.2, 0.25) is 0 Å². The van der Waals surface area contributed by atoms with Crippen LogP contribution in [0.2, 0.25) is 5.02 Å². The first-order valence-corrected chi connectivity index (χ1v) is 8.14. The van der Waals surface area contributed by atoms with Crippen LogP contribution in [-0.2, 0) is 0 Å². The highest BCUT2D eigenvalue weighted by molar-refractivity contribution is 6.31. The van der Waals surface area contributed by atoms with E-state index >= 15 is 0 Å². The molecule has 0 aliphatic carbocycles. The van der Waals surface area contributed by atoms with E-state index < -0.39 is 5.91 Å². The molecular weight excluding hydrogens is 370 g/mol. The van der Waals surface area contributed by atoms with Crippen molar-refractivity contribution in [3.8, 4) is 5.75 Å². The Hall–Kier alpha value is -3.59. The molecule has 9 nitrogen and oxygen atoms in total. The van der Waals surface area contributed by atoms with Crippen LogP contribution in [0.3, 0.4) is 0 Å². The number of carbonyl (C=O) groups excluding carboxylic acids is 1. The first-order valence-electron chi connectivity index (χ1n) is 7.77. The predicted molar refractivity (Wildman–Crippen MR) is 103 cm³/mol. The number of methoxy groups -OCH3 is 1. The maximum Gasteiger partial charge on any atom is 0.288 e. The molecule has 5 N–H and O–H groups in total. The molecular formula is C17H16ClN7O2. The monoisotopic (exact) mass is 385 g/mol. The number of nitrogens with two attached hydrogens (primary N) is 1. The van der Waals surface area contributed by atoms with Crippen molar-refractivity contribution < 1.29 is 9.53 Å². The summed E-state index contributed by atoms with van der Waals surface area (Å²) in [5.41, 5.74) is 12.3. The number of hydrogen-bond acceptors (Lipinski definition) is 8. The molecule has 1 aromatic carbocycles. The number of anilines is 4. The predicted octanol–water partition coefficient (Wildman–Crippen LogP) is 2.62. The minimum absolute atomic E-state index is 0.195. The van der Waals surface area contributed by atoms with Crippen molar-refractivity contribution in [2.24, 2.45) is 0 Å². The van der Waals surface area contributed by atoms with Crippen LogP contribution in [0.5, 0.6) is 5.75 Å². The third kappa shape index (κ3) is 4.33. The number of nitrogens with one attached hydrogen (secondary N) is 3. The molecule has 3 aromatic rings. The summed E-state index contributed by atoms with van der Waals surface area (Å²) in [5, 5.41) is 3.56. The third-order valence-corrected chi connectivity index (χ3v) is 3.73. The summed E-state index contributed by atoms with van der Waals surface area (Å²) in [5.74, 6) is 0.674. The molecule has 0 spiro atoms. The number of nitrogens with zero attached hydrogens (tertiary/aromatic N) is 3. The summed E-state index contributed by atoms with van der Waals surface area (Å²) < 4.78 is 5.29. The highest BCUT2D eigenvalue weighted by Crippen LogP contribution is 2.32. The number of hydrogen-bond donors (Lipinski definition) is 4. The van der Waals surface area contributed by atoms with Gasteiger partial charge in [-0.3, -0.25) is 20.6 Å². The second-order valence-electron chi connectivity index (χ2n) is 5.25. The molecule has 2 heterocycles. The Morgan fingerprint density at radius 3 is 2.70 bits per heavy atom. The van der Waals surface area contributed by atoms with Crippen molar-refractivity contribution in [3.05, 3.63) is 59.6 Å². The second kappa shape index (κ2) is 8.19. The Morgan fingerprint density at radius 1 is 1.15 bits per heavy atom. The van der Waals surface area contributed by atoms with Gasteiger partial charge < -0.3 is 15.8 Å². The fourth-order valence-corrected chi connectivity index (χ4v) is 2.35. The van der Waals surface area contributed by atoms with Crippen LogP contribution < -0.4 is 26.6 Å². The van der Waals surface area contributed by atoms with Crippen LogP contribution >= 0.6 is 11.6 Å². The molecule has 2 aromatic heterocycles. The van der Waals surface area contributed by atoms with Gasteiger partial charge in [0.05, 0.1) is 12.8 Å². The van der Waals surface area contributed by atoms with Gasteiger partial charge in [-0.25, -0.2) is 9.97 Å². The third-order valence-electron chi connectivity index (χ3n) is 3.49. The van der Waals surface area contributed by atoms with Gasteiger partial charge in [0.15, 0.2) is 11.6 Å². The smallest absolute Gasteiger partial charge is 0.288 e. The highest BCUT2D eigenvalue weighted by atomic mass is 35.5. The maximum atomic E-state index is 12.1. The van der Waals surface area contributed by atoms with E-state index in [0.29, 0.717) is 22.3 Å². The van der Waals surface area contributed by atoms with Crippen LogP contribution in [0.4, 0.5) is 23.0 Å². The van der Waals surface area contributed by atoms with Crippen LogP contribution in [0.25, 0.3) is 0 Å². The zero-order valence-corrected chi connectivity index (χ0v) is 15.0. The van der Waals surface area contributed by atoms with Crippen LogP contribution in [0.1, 0.15) is 10.5 Å². The molecule has 1 amide bonds. The van der Waals surface area contributed by atoms with Crippen LogP contribution in [0, 0.1) is 0 Å². The van der Waals surface area contributed by atoms with Gasteiger partial charge in [0, 0.05) is 11.2 Å². The normalized spacial score (nSPS) is 10.1. The van der Waals surface area contributed by atoms with Gasteiger partial charge >= 0.3 is 0 Å². The number of carbonyl (C=O) groups is 1. The molecule has 0 saturated carbocycles. The first-order chi connectivity index (χ1) is 13.1. The molecule has 138 valence electrons. The molecule has 3 rings (SSSR count). The molecule has 0 unspecified atom stereocenters. The summed E-state index contributed by atoms with van der Waals surface area (Å²) in [6.07, 6.45) is 2.82. The number of ether oxygens (including phenoxy) is 1. The molecule has 10 heteroatoms. The van der Waals surface area contributed by atoms with Gasteiger partial charge in [-0.05, 0) is 30.3 Å². The standard InChI is InChI=1S/C17H16ClN7O2/c1-27-13-6-5-10(18)8-12(13)23-15-14(19)16(22-9-21-15)24-25-17(26)11-4-2-3-7-20-11/h2-9H,19H2,1H3,(H,25,26)(H2,21,22,23,24). The lowest BCUT2D eigenvalue weighted by Crippen LogP contribution is -2.31. The Bertz CT molecular complexity index is 953. The quantitative estimate of drug-likeness (QED) is 0.477. The number of pyridine rings is 1. The minimum Gasteiger partial charge on any atom is -0.495 e. The van der Waals surface area contributed by atoms with Crippen molar-refractivity contribution in [3.63, 3.8) is 0 Å². The Balaban J connectivity index is 1.76. The number of hydrazine groups is 1.